The number of rotatable bonds is 2. The third-order valence-corrected chi connectivity index (χ3v) is 4.49. The Morgan fingerprint density at radius 3 is 2.62 bits per heavy atom. The van der Waals surface area contributed by atoms with E-state index in [1.807, 2.05) is 6.07 Å². The second-order valence-corrected chi connectivity index (χ2v) is 5.49. The van der Waals surface area contributed by atoms with Gasteiger partial charge in [0.15, 0.2) is 0 Å². The van der Waals surface area contributed by atoms with Crippen LogP contribution in [0.4, 0.5) is 0 Å². The number of carbonyl (C=O) groups excluding carboxylic acids is 1. The molecule has 1 aromatic heterocycles. The fourth-order valence-electron chi connectivity index (χ4n) is 3.39. The summed E-state index contributed by atoms with van der Waals surface area (Å²) in [6.45, 7) is 0. The lowest BCUT2D eigenvalue weighted by atomic mass is 9.80. The van der Waals surface area contributed by atoms with Crippen molar-refractivity contribution in [2.75, 3.05) is 0 Å². The first kappa shape index (κ1) is 10.2. The Balaban J connectivity index is 2.00. The van der Waals surface area contributed by atoms with Crippen LogP contribution in [0.2, 0.25) is 5.28 Å². The number of hydrogen-bond donors (Lipinski definition) is 0. The van der Waals surface area contributed by atoms with E-state index in [4.69, 9.17) is 11.6 Å². The van der Waals surface area contributed by atoms with Gasteiger partial charge in [0.05, 0.1) is 5.69 Å². The summed E-state index contributed by atoms with van der Waals surface area (Å²) in [5, 5.41) is 0.308. The van der Waals surface area contributed by atoms with Crippen LogP contribution < -0.4 is 0 Å². The van der Waals surface area contributed by atoms with E-state index in [-0.39, 0.29) is 10.8 Å². The van der Waals surface area contributed by atoms with E-state index in [2.05, 4.69) is 9.97 Å². The van der Waals surface area contributed by atoms with Crippen molar-refractivity contribution < 1.29 is 4.79 Å². The molecule has 2 aliphatic carbocycles. The lowest BCUT2D eigenvalue weighted by Gasteiger charge is -2.25. The third kappa shape index (κ3) is 1.31. The first-order valence-corrected chi connectivity index (χ1v) is 6.01. The SMILES string of the molecule is O=CC12CCC(c3ccnc(Cl)n3)(CC1)C2. The molecule has 0 radical (unpaired) electrons. The van der Waals surface area contributed by atoms with Gasteiger partial charge in [0.25, 0.3) is 0 Å². The molecule has 2 bridgehead atoms. The van der Waals surface area contributed by atoms with Gasteiger partial charge in [-0.2, -0.15) is 0 Å². The number of fused-ring (bicyclic) bond motifs is 2. The van der Waals surface area contributed by atoms with Gasteiger partial charge in [-0.25, -0.2) is 9.97 Å². The standard InChI is InChI=1S/C12H13ClN2O/c13-10-14-6-1-9(15-10)12-4-2-11(7-12,8-16)3-5-12/h1,6,8H,2-5,7H2. The van der Waals surface area contributed by atoms with E-state index in [1.54, 1.807) is 6.20 Å². The average molecular weight is 237 g/mol. The Morgan fingerprint density at radius 1 is 1.31 bits per heavy atom. The second-order valence-electron chi connectivity index (χ2n) is 5.15. The molecule has 2 fully saturated rings. The maximum Gasteiger partial charge on any atom is 0.222 e. The molecule has 3 nitrogen and oxygen atoms in total. The Labute approximate surface area is 99.2 Å². The van der Waals surface area contributed by atoms with Gasteiger partial charge in [-0.3, -0.25) is 0 Å². The summed E-state index contributed by atoms with van der Waals surface area (Å²) in [6.07, 6.45) is 7.91. The normalized spacial score (nSPS) is 36.6. The van der Waals surface area contributed by atoms with Gasteiger partial charge in [-0.1, -0.05) is 0 Å². The van der Waals surface area contributed by atoms with Crippen molar-refractivity contribution in [2.24, 2.45) is 5.41 Å². The summed E-state index contributed by atoms with van der Waals surface area (Å²) in [7, 11) is 0. The van der Waals surface area contributed by atoms with Crippen LogP contribution in [0.25, 0.3) is 0 Å². The molecule has 0 saturated heterocycles. The minimum absolute atomic E-state index is 0.0720. The Bertz CT molecular complexity index is 438. The molecule has 4 heteroatoms. The Kier molecular flexibility index (Phi) is 2.08. The Hall–Kier alpha value is -0.960. The number of hydrogen-bond acceptors (Lipinski definition) is 3. The molecule has 1 heterocycles. The van der Waals surface area contributed by atoms with Crippen LogP contribution in [0.15, 0.2) is 12.3 Å². The molecule has 84 valence electrons. The van der Waals surface area contributed by atoms with E-state index in [9.17, 15) is 4.79 Å². The monoisotopic (exact) mass is 236 g/mol. The third-order valence-electron chi connectivity index (χ3n) is 4.31. The maximum atomic E-state index is 11.2. The number of halogens is 1. The predicted molar refractivity (Wildman–Crippen MR) is 60.3 cm³/mol. The predicted octanol–water partition coefficient (Wildman–Crippen LogP) is 2.53. The molecule has 2 saturated carbocycles. The lowest BCUT2D eigenvalue weighted by molar-refractivity contribution is -0.115. The largest absolute Gasteiger partial charge is 0.303 e. The summed E-state index contributed by atoms with van der Waals surface area (Å²) in [5.74, 6) is 0. The first-order valence-electron chi connectivity index (χ1n) is 5.64. The van der Waals surface area contributed by atoms with Crippen LogP contribution in [-0.2, 0) is 10.2 Å². The molecule has 1 aromatic rings. The minimum atomic E-state index is -0.0720. The molecule has 0 atom stereocenters. The molecule has 0 aliphatic heterocycles. The van der Waals surface area contributed by atoms with E-state index < -0.39 is 0 Å². The molecular weight excluding hydrogens is 224 g/mol. The summed E-state index contributed by atoms with van der Waals surface area (Å²) in [4.78, 5) is 19.4. The van der Waals surface area contributed by atoms with Gasteiger partial charge in [-0.15, -0.1) is 0 Å². The van der Waals surface area contributed by atoms with Crippen molar-refractivity contribution in [3.8, 4) is 0 Å². The van der Waals surface area contributed by atoms with Gasteiger partial charge in [-0.05, 0) is 49.8 Å². The summed E-state index contributed by atoms with van der Waals surface area (Å²) in [6, 6.07) is 1.94. The van der Waals surface area contributed by atoms with Crippen LogP contribution in [0.3, 0.4) is 0 Å². The molecule has 0 aromatic carbocycles. The lowest BCUT2D eigenvalue weighted by Crippen LogP contribution is -2.21. The zero-order chi connectivity index (χ0) is 11.2. The van der Waals surface area contributed by atoms with Crippen molar-refractivity contribution in [2.45, 2.75) is 37.5 Å². The zero-order valence-corrected chi connectivity index (χ0v) is 9.70. The number of aldehydes is 1. The minimum Gasteiger partial charge on any atom is -0.303 e. The van der Waals surface area contributed by atoms with Gasteiger partial charge in [0.2, 0.25) is 5.28 Å². The fraction of sp³-hybridized carbons (Fsp3) is 0.583. The van der Waals surface area contributed by atoms with E-state index in [0.29, 0.717) is 5.28 Å². The van der Waals surface area contributed by atoms with Gasteiger partial charge in [0.1, 0.15) is 6.29 Å². The molecule has 16 heavy (non-hydrogen) atoms. The van der Waals surface area contributed by atoms with Crippen molar-refractivity contribution in [3.05, 3.63) is 23.2 Å². The number of aromatic nitrogens is 2. The summed E-state index contributed by atoms with van der Waals surface area (Å²) >= 11 is 5.83. The highest BCUT2D eigenvalue weighted by Gasteiger charge is 2.55. The quantitative estimate of drug-likeness (QED) is 0.585. The highest BCUT2D eigenvalue weighted by atomic mass is 35.5. The molecular formula is C12H13ClN2O. The summed E-state index contributed by atoms with van der Waals surface area (Å²) < 4.78 is 0. The van der Waals surface area contributed by atoms with E-state index in [0.717, 1.165) is 44.1 Å². The van der Waals surface area contributed by atoms with Gasteiger partial charge in [0, 0.05) is 17.0 Å². The molecule has 0 spiro atoms. The summed E-state index contributed by atoms with van der Waals surface area (Å²) in [5.41, 5.74) is 1.04. The number of nitrogens with zero attached hydrogens (tertiary/aromatic N) is 2. The van der Waals surface area contributed by atoms with Gasteiger partial charge < -0.3 is 4.79 Å². The zero-order valence-electron chi connectivity index (χ0n) is 8.95. The highest BCUT2D eigenvalue weighted by molar-refractivity contribution is 6.28. The van der Waals surface area contributed by atoms with Crippen LogP contribution in [0.5, 0.6) is 0 Å². The van der Waals surface area contributed by atoms with Gasteiger partial charge >= 0.3 is 0 Å². The van der Waals surface area contributed by atoms with Crippen molar-refractivity contribution in [3.63, 3.8) is 0 Å². The van der Waals surface area contributed by atoms with Crippen molar-refractivity contribution in [1.82, 2.24) is 9.97 Å². The van der Waals surface area contributed by atoms with Crippen LogP contribution >= 0.6 is 11.6 Å². The van der Waals surface area contributed by atoms with E-state index in [1.165, 1.54) is 0 Å². The topological polar surface area (TPSA) is 42.9 Å². The van der Waals surface area contributed by atoms with Crippen LogP contribution in [0, 0.1) is 5.41 Å². The molecule has 0 unspecified atom stereocenters. The highest BCUT2D eigenvalue weighted by Crippen LogP contribution is 2.60. The average Bonchev–Trinajstić information content (AvgIpc) is 2.87. The molecule has 0 amide bonds. The molecule has 2 aliphatic rings. The Morgan fingerprint density at radius 2 is 2.06 bits per heavy atom. The van der Waals surface area contributed by atoms with Crippen LogP contribution in [-0.4, -0.2) is 16.3 Å². The first-order chi connectivity index (χ1) is 7.68. The second kappa shape index (κ2) is 3.27. The molecule has 3 rings (SSSR count). The van der Waals surface area contributed by atoms with E-state index >= 15 is 0 Å². The number of carbonyl (C=O) groups is 1. The fourth-order valence-corrected chi connectivity index (χ4v) is 3.54. The smallest absolute Gasteiger partial charge is 0.222 e. The molecule has 0 N–H and O–H groups in total. The maximum absolute atomic E-state index is 11.2. The van der Waals surface area contributed by atoms with Crippen molar-refractivity contribution in [1.29, 1.82) is 0 Å². The van der Waals surface area contributed by atoms with Crippen molar-refractivity contribution >= 4 is 17.9 Å². The van der Waals surface area contributed by atoms with Crippen LogP contribution in [0.1, 0.15) is 37.8 Å².